The van der Waals surface area contributed by atoms with Crippen molar-refractivity contribution in [1.29, 1.82) is 0 Å². The van der Waals surface area contributed by atoms with Crippen LogP contribution in [0.25, 0.3) is 10.2 Å². The molecule has 142 valence electrons. The number of thiazole rings is 1. The van der Waals surface area contributed by atoms with E-state index in [1.807, 2.05) is 6.92 Å². The summed E-state index contributed by atoms with van der Waals surface area (Å²) in [7, 11) is 1.67. The van der Waals surface area contributed by atoms with Gasteiger partial charge in [0.25, 0.3) is 5.91 Å². The van der Waals surface area contributed by atoms with E-state index in [9.17, 15) is 4.79 Å². The van der Waals surface area contributed by atoms with Crippen LogP contribution < -0.4 is 9.54 Å². The molecule has 0 aliphatic rings. The van der Waals surface area contributed by atoms with Crippen LogP contribution >= 0.6 is 11.3 Å². The third-order valence-electron chi connectivity index (χ3n) is 4.24. The lowest BCUT2D eigenvalue weighted by atomic mass is 10.1. The van der Waals surface area contributed by atoms with Crippen molar-refractivity contribution in [3.05, 3.63) is 57.9 Å². The number of rotatable bonds is 6. The molecule has 0 unspecified atom stereocenters. The van der Waals surface area contributed by atoms with Gasteiger partial charge < -0.3 is 14.0 Å². The van der Waals surface area contributed by atoms with Crippen molar-refractivity contribution < 1.29 is 14.3 Å². The lowest BCUT2D eigenvalue weighted by Crippen LogP contribution is -2.19. The molecule has 0 N–H and O–H groups in total. The summed E-state index contributed by atoms with van der Waals surface area (Å²) in [5.74, 6) is 0.488. The molecule has 5 nitrogen and oxygen atoms in total. The maximum absolute atomic E-state index is 12.7. The van der Waals surface area contributed by atoms with E-state index in [0.717, 1.165) is 16.0 Å². The number of methoxy groups -OCH3 is 1. The van der Waals surface area contributed by atoms with Gasteiger partial charge in [-0.25, -0.2) is 0 Å². The number of benzene rings is 2. The number of aryl methyl sites for hydroxylation is 2. The standard InChI is InChI=1S/C21H24N2O3S/c1-5-26-17-8-6-16(7-9-17)20(24)22-21-23(10-11-25-4)19-15(3)12-14(2)13-18(19)27-21/h6-9,12-13H,5,10-11H2,1-4H3. The molecule has 0 atom stereocenters. The van der Waals surface area contributed by atoms with Gasteiger partial charge >= 0.3 is 0 Å². The minimum absolute atomic E-state index is 0.259. The highest BCUT2D eigenvalue weighted by Crippen LogP contribution is 2.23. The number of amides is 1. The molecule has 2 aromatic carbocycles. The van der Waals surface area contributed by atoms with Crippen LogP contribution in [0.5, 0.6) is 5.75 Å². The van der Waals surface area contributed by atoms with Gasteiger partial charge in [-0.05, 0) is 62.2 Å². The molecule has 27 heavy (non-hydrogen) atoms. The van der Waals surface area contributed by atoms with E-state index < -0.39 is 0 Å². The number of hydrogen-bond donors (Lipinski definition) is 0. The fourth-order valence-electron chi connectivity index (χ4n) is 3.08. The molecule has 6 heteroatoms. The fraction of sp³-hybridized carbons (Fsp3) is 0.333. The van der Waals surface area contributed by atoms with Gasteiger partial charge in [0.1, 0.15) is 5.75 Å². The second kappa shape index (κ2) is 8.50. The number of fused-ring (bicyclic) bond motifs is 1. The quantitative estimate of drug-likeness (QED) is 0.643. The average molecular weight is 385 g/mol. The van der Waals surface area contributed by atoms with Crippen LogP contribution in [0.2, 0.25) is 0 Å². The highest BCUT2D eigenvalue weighted by Gasteiger charge is 2.12. The second-order valence-electron chi connectivity index (χ2n) is 6.33. The van der Waals surface area contributed by atoms with Gasteiger partial charge in [0.05, 0.1) is 23.4 Å². The molecule has 1 heterocycles. The minimum Gasteiger partial charge on any atom is -0.494 e. The fourth-order valence-corrected chi connectivity index (χ4v) is 4.31. The van der Waals surface area contributed by atoms with Gasteiger partial charge in [-0.15, -0.1) is 0 Å². The van der Waals surface area contributed by atoms with Gasteiger partial charge in [-0.2, -0.15) is 4.99 Å². The Morgan fingerprint density at radius 1 is 1.19 bits per heavy atom. The van der Waals surface area contributed by atoms with Crippen molar-refractivity contribution >= 4 is 27.5 Å². The van der Waals surface area contributed by atoms with Crippen molar-refractivity contribution in [3.8, 4) is 5.75 Å². The van der Waals surface area contributed by atoms with Crippen LogP contribution in [0, 0.1) is 13.8 Å². The van der Waals surface area contributed by atoms with Crippen molar-refractivity contribution in [2.45, 2.75) is 27.3 Å². The molecule has 0 saturated heterocycles. The van der Waals surface area contributed by atoms with Crippen molar-refractivity contribution in [2.24, 2.45) is 4.99 Å². The molecular formula is C21H24N2O3S. The number of hydrogen-bond acceptors (Lipinski definition) is 4. The molecule has 1 aromatic heterocycles. The predicted octanol–water partition coefficient (Wildman–Crippen LogP) is 4.11. The lowest BCUT2D eigenvalue weighted by Gasteiger charge is -2.07. The summed E-state index contributed by atoms with van der Waals surface area (Å²) in [6.45, 7) is 7.90. The van der Waals surface area contributed by atoms with Crippen LogP contribution in [0.15, 0.2) is 41.4 Å². The molecule has 3 rings (SSSR count). The summed E-state index contributed by atoms with van der Waals surface area (Å²) in [6.07, 6.45) is 0. The number of carbonyl (C=O) groups is 1. The first-order valence-corrected chi connectivity index (χ1v) is 9.76. The summed E-state index contributed by atoms with van der Waals surface area (Å²) < 4.78 is 13.9. The first kappa shape index (κ1) is 19.3. The van der Waals surface area contributed by atoms with E-state index in [4.69, 9.17) is 9.47 Å². The Morgan fingerprint density at radius 2 is 1.93 bits per heavy atom. The van der Waals surface area contributed by atoms with Gasteiger partial charge in [0, 0.05) is 19.2 Å². The Bertz CT molecular complexity index is 1020. The van der Waals surface area contributed by atoms with E-state index in [1.54, 1.807) is 31.4 Å². The first-order chi connectivity index (χ1) is 13.0. The highest BCUT2D eigenvalue weighted by atomic mass is 32.1. The summed E-state index contributed by atoms with van der Waals surface area (Å²) in [6, 6.07) is 11.4. The number of ether oxygens (including phenoxy) is 2. The summed E-state index contributed by atoms with van der Waals surface area (Å²) in [5.41, 5.74) is 4.03. The second-order valence-corrected chi connectivity index (χ2v) is 7.34. The van der Waals surface area contributed by atoms with Crippen LogP contribution in [0.1, 0.15) is 28.4 Å². The average Bonchev–Trinajstić information content (AvgIpc) is 2.97. The third-order valence-corrected chi connectivity index (χ3v) is 5.27. The molecule has 0 bridgehead atoms. The zero-order valence-corrected chi connectivity index (χ0v) is 16.9. The topological polar surface area (TPSA) is 52.8 Å². The van der Waals surface area contributed by atoms with E-state index in [0.29, 0.717) is 30.1 Å². The Labute approximate surface area is 162 Å². The van der Waals surface area contributed by atoms with Crippen molar-refractivity contribution in [2.75, 3.05) is 20.3 Å². The molecule has 0 saturated carbocycles. The number of aromatic nitrogens is 1. The largest absolute Gasteiger partial charge is 0.494 e. The third kappa shape index (κ3) is 4.28. The van der Waals surface area contributed by atoms with Gasteiger partial charge in [-0.1, -0.05) is 17.4 Å². The minimum atomic E-state index is -0.259. The van der Waals surface area contributed by atoms with E-state index >= 15 is 0 Å². The molecule has 0 fully saturated rings. The van der Waals surface area contributed by atoms with Gasteiger partial charge in [-0.3, -0.25) is 4.79 Å². The summed E-state index contributed by atoms with van der Waals surface area (Å²) in [4.78, 5) is 17.8. The zero-order valence-electron chi connectivity index (χ0n) is 16.1. The number of nitrogens with zero attached hydrogens (tertiary/aromatic N) is 2. The van der Waals surface area contributed by atoms with E-state index in [1.165, 1.54) is 22.5 Å². The zero-order chi connectivity index (χ0) is 19.4. The monoisotopic (exact) mass is 384 g/mol. The molecule has 1 amide bonds. The molecule has 0 spiro atoms. The highest BCUT2D eigenvalue weighted by molar-refractivity contribution is 7.16. The van der Waals surface area contributed by atoms with Crippen molar-refractivity contribution in [3.63, 3.8) is 0 Å². The smallest absolute Gasteiger partial charge is 0.279 e. The Kier molecular flexibility index (Phi) is 6.08. The van der Waals surface area contributed by atoms with Gasteiger partial charge in [0.15, 0.2) is 4.80 Å². The van der Waals surface area contributed by atoms with Crippen molar-refractivity contribution in [1.82, 2.24) is 4.57 Å². The van der Waals surface area contributed by atoms with E-state index in [2.05, 4.69) is 35.5 Å². The van der Waals surface area contributed by atoms with Crippen LogP contribution in [0.4, 0.5) is 0 Å². The molecule has 3 aromatic rings. The van der Waals surface area contributed by atoms with E-state index in [-0.39, 0.29) is 5.91 Å². The lowest BCUT2D eigenvalue weighted by molar-refractivity contribution is 0.0997. The molecule has 0 aliphatic carbocycles. The molecule has 0 radical (unpaired) electrons. The Hall–Kier alpha value is -2.44. The van der Waals surface area contributed by atoms with Crippen LogP contribution in [0.3, 0.4) is 0 Å². The molecular weight excluding hydrogens is 360 g/mol. The Morgan fingerprint density at radius 3 is 2.59 bits per heavy atom. The summed E-state index contributed by atoms with van der Waals surface area (Å²) >= 11 is 1.53. The van der Waals surface area contributed by atoms with Gasteiger partial charge in [0.2, 0.25) is 0 Å². The normalized spacial score (nSPS) is 11.9. The van der Waals surface area contributed by atoms with Crippen LogP contribution in [-0.4, -0.2) is 30.8 Å². The van der Waals surface area contributed by atoms with Crippen LogP contribution in [-0.2, 0) is 11.3 Å². The predicted molar refractivity (Wildman–Crippen MR) is 109 cm³/mol. The maximum atomic E-state index is 12.7. The maximum Gasteiger partial charge on any atom is 0.279 e. The SMILES string of the molecule is CCOc1ccc(C(=O)N=c2sc3cc(C)cc(C)c3n2CCOC)cc1. The Balaban J connectivity index is 2.05. The number of carbonyl (C=O) groups excluding carboxylic acids is 1. The first-order valence-electron chi connectivity index (χ1n) is 8.95. The summed E-state index contributed by atoms with van der Waals surface area (Å²) in [5, 5.41) is 0. The molecule has 0 aliphatic heterocycles.